The monoisotopic (exact) mass is 414 g/mol. The Balaban J connectivity index is 1.56. The van der Waals surface area contributed by atoms with E-state index in [1.165, 1.54) is 23.5 Å². The van der Waals surface area contributed by atoms with Crippen LogP contribution in [0.5, 0.6) is 0 Å². The number of rotatable bonds is 4. The van der Waals surface area contributed by atoms with Crippen LogP contribution in [0.15, 0.2) is 35.1 Å². The van der Waals surface area contributed by atoms with Crippen LogP contribution < -0.4 is 5.56 Å². The van der Waals surface area contributed by atoms with Crippen molar-refractivity contribution in [3.8, 4) is 10.4 Å². The van der Waals surface area contributed by atoms with Crippen LogP contribution >= 0.6 is 11.3 Å². The second-order valence-electron chi connectivity index (χ2n) is 7.65. The van der Waals surface area contributed by atoms with E-state index in [-0.39, 0.29) is 23.2 Å². The number of amides is 1. The summed E-state index contributed by atoms with van der Waals surface area (Å²) in [6.07, 6.45) is 1.84. The van der Waals surface area contributed by atoms with Crippen LogP contribution in [-0.2, 0) is 11.3 Å². The second kappa shape index (κ2) is 8.04. The Kier molecular flexibility index (Phi) is 5.47. The van der Waals surface area contributed by atoms with Gasteiger partial charge in [-0.25, -0.2) is 9.37 Å². The van der Waals surface area contributed by atoms with Gasteiger partial charge in [-0.3, -0.25) is 14.5 Å². The van der Waals surface area contributed by atoms with Crippen molar-refractivity contribution < 1.29 is 9.18 Å². The molecule has 29 heavy (non-hydrogen) atoms. The molecule has 1 amide bonds. The molecule has 1 unspecified atom stereocenters. The summed E-state index contributed by atoms with van der Waals surface area (Å²) in [5.41, 5.74) is 1.34. The molecule has 1 fully saturated rings. The number of aromatic amines is 1. The zero-order valence-electron chi connectivity index (χ0n) is 16.4. The minimum Gasteiger partial charge on any atom is -0.349 e. The first-order valence-corrected chi connectivity index (χ1v) is 10.4. The van der Waals surface area contributed by atoms with Gasteiger partial charge in [-0.1, -0.05) is 12.1 Å². The number of hydrogen-bond donors (Lipinski definition) is 1. The molecule has 4 rings (SSSR count). The lowest BCUT2D eigenvalue weighted by Gasteiger charge is -2.32. The highest BCUT2D eigenvalue weighted by molar-refractivity contribution is 7.22. The Hall–Kier alpha value is -2.58. The van der Waals surface area contributed by atoms with Crippen LogP contribution in [0.25, 0.3) is 20.7 Å². The number of piperidine rings is 1. The standard InChI is InChI=1S/C21H23FN4O2S/c1-25(2)21(28)14-4-3-9-26(11-14)12-18-23-16-10-17(29-19(16)20(27)24-18)13-5-7-15(22)8-6-13/h5-8,10,14H,3-4,9,11-12H2,1-2H3,(H,23,24,27). The van der Waals surface area contributed by atoms with Crippen LogP contribution in [0.3, 0.4) is 0 Å². The fourth-order valence-electron chi connectivity index (χ4n) is 3.80. The number of H-pyrrole nitrogens is 1. The summed E-state index contributed by atoms with van der Waals surface area (Å²) in [6, 6.07) is 8.09. The summed E-state index contributed by atoms with van der Waals surface area (Å²) in [7, 11) is 3.56. The van der Waals surface area contributed by atoms with Crippen LogP contribution in [0.1, 0.15) is 18.7 Å². The van der Waals surface area contributed by atoms with Crippen LogP contribution in [0.2, 0.25) is 0 Å². The molecule has 8 heteroatoms. The van der Waals surface area contributed by atoms with Gasteiger partial charge >= 0.3 is 0 Å². The zero-order chi connectivity index (χ0) is 20.5. The highest BCUT2D eigenvalue weighted by Gasteiger charge is 2.27. The maximum absolute atomic E-state index is 13.2. The number of thiophene rings is 1. The quantitative estimate of drug-likeness (QED) is 0.712. The van der Waals surface area contributed by atoms with Gasteiger partial charge in [-0.05, 0) is 43.1 Å². The Labute approximate surface area is 172 Å². The summed E-state index contributed by atoms with van der Waals surface area (Å²) < 4.78 is 13.7. The molecule has 0 aliphatic carbocycles. The highest BCUT2D eigenvalue weighted by Crippen LogP contribution is 2.31. The number of likely N-dealkylation sites (tertiary alicyclic amines) is 1. The van der Waals surface area contributed by atoms with E-state index in [0.29, 0.717) is 29.1 Å². The first-order chi connectivity index (χ1) is 13.9. The van der Waals surface area contributed by atoms with E-state index >= 15 is 0 Å². The molecule has 1 saturated heterocycles. The molecule has 2 aromatic heterocycles. The molecule has 3 aromatic rings. The van der Waals surface area contributed by atoms with Crippen molar-refractivity contribution in [2.45, 2.75) is 19.4 Å². The molecule has 1 aromatic carbocycles. The normalized spacial score (nSPS) is 17.6. The largest absolute Gasteiger partial charge is 0.349 e. The smallest absolute Gasteiger partial charge is 0.268 e. The van der Waals surface area contributed by atoms with Crippen molar-refractivity contribution in [3.63, 3.8) is 0 Å². The molecular formula is C21H23FN4O2S. The molecule has 1 atom stereocenters. The average Bonchev–Trinajstić information content (AvgIpc) is 3.13. The van der Waals surface area contributed by atoms with Crippen molar-refractivity contribution in [2.24, 2.45) is 5.92 Å². The van der Waals surface area contributed by atoms with Crippen molar-refractivity contribution in [1.29, 1.82) is 0 Å². The van der Waals surface area contributed by atoms with E-state index in [9.17, 15) is 14.0 Å². The van der Waals surface area contributed by atoms with E-state index < -0.39 is 0 Å². The first kappa shape index (κ1) is 19.7. The van der Waals surface area contributed by atoms with Gasteiger partial charge in [0.2, 0.25) is 5.91 Å². The summed E-state index contributed by atoms with van der Waals surface area (Å²) in [6.45, 7) is 2.05. The molecule has 1 aliphatic rings. The fourth-order valence-corrected chi connectivity index (χ4v) is 4.79. The van der Waals surface area contributed by atoms with Crippen LogP contribution in [0, 0.1) is 11.7 Å². The van der Waals surface area contributed by atoms with Crippen molar-refractivity contribution >= 4 is 27.5 Å². The number of aromatic nitrogens is 2. The molecular weight excluding hydrogens is 391 g/mol. The van der Waals surface area contributed by atoms with Gasteiger partial charge in [0.25, 0.3) is 5.56 Å². The summed E-state index contributed by atoms with van der Waals surface area (Å²) >= 11 is 1.35. The predicted molar refractivity (Wildman–Crippen MR) is 112 cm³/mol. The molecule has 6 nitrogen and oxygen atoms in total. The van der Waals surface area contributed by atoms with Gasteiger partial charge in [-0.15, -0.1) is 11.3 Å². The predicted octanol–water partition coefficient (Wildman–Crippen LogP) is 3.09. The Morgan fingerprint density at radius 3 is 2.83 bits per heavy atom. The van der Waals surface area contributed by atoms with Gasteiger partial charge in [-0.2, -0.15) is 0 Å². The van der Waals surface area contributed by atoms with E-state index in [1.54, 1.807) is 31.1 Å². The SMILES string of the molecule is CN(C)C(=O)C1CCCN(Cc2nc3cc(-c4ccc(F)cc4)sc3c(=O)[nH]2)C1. The lowest BCUT2D eigenvalue weighted by molar-refractivity contribution is -0.134. The maximum atomic E-state index is 13.2. The molecule has 0 spiro atoms. The minimum absolute atomic E-state index is 0.0135. The third-order valence-corrected chi connectivity index (χ3v) is 6.40. The average molecular weight is 415 g/mol. The summed E-state index contributed by atoms with van der Waals surface area (Å²) in [5.74, 6) is 0.443. The number of benzene rings is 1. The number of fused-ring (bicyclic) bond motifs is 1. The van der Waals surface area contributed by atoms with Crippen LogP contribution in [0.4, 0.5) is 4.39 Å². The molecule has 0 saturated carbocycles. The minimum atomic E-state index is -0.291. The van der Waals surface area contributed by atoms with Gasteiger partial charge in [0, 0.05) is 25.5 Å². The van der Waals surface area contributed by atoms with Gasteiger partial charge in [0.1, 0.15) is 16.3 Å². The number of nitrogens with zero attached hydrogens (tertiary/aromatic N) is 3. The molecule has 0 radical (unpaired) electrons. The van der Waals surface area contributed by atoms with Gasteiger partial charge < -0.3 is 9.88 Å². The number of nitrogens with one attached hydrogen (secondary N) is 1. The molecule has 3 heterocycles. The first-order valence-electron chi connectivity index (χ1n) is 9.63. The molecule has 0 bridgehead atoms. The van der Waals surface area contributed by atoms with Crippen molar-refractivity contribution in [3.05, 3.63) is 52.3 Å². The number of hydrogen-bond acceptors (Lipinski definition) is 5. The highest BCUT2D eigenvalue weighted by atomic mass is 32.1. The lowest BCUT2D eigenvalue weighted by Crippen LogP contribution is -2.42. The second-order valence-corrected chi connectivity index (χ2v) is 8.70. The van der Waals surface area contributed by atoms with Gasteiger partial charge in [0.15, 0.2) is 0 Å². The Bertz CT molecular complexity index is 1090. The van der Waals surface area contributed by atoms with Crippen molar-refractivity contribution in [2.75, 3.05) is 27.2 Å². The number of carbonyl (C=O) groups is 1. The van der Waals surface area contributed by atoms with E-state index in [2.05, 4.69) is 14.9 Å². The number of carbonyl (C=O) groups excluding carboxylic acids is 1. The van der Waals surface area contributed by atoms with Gasteiger partial charge in [0.05, 0.1) is 18.0 Å². The Morgan fingerprint density at radius 1 is 1.34 bits per heavy atom. The topological polar surface area (TPSA) is 69.3 Å². The van der Waals surface area contributed by atoms with E-state index in [4.69, 9.17) is 0 Å². The van der Waals surface area contributed by atoms with E-state index in [1.807, 2.05) is 6.07 Å². The van der Waals surface area contributed by atoms with Crippen LogP contribution in [-0.4, -0.2) is 52.9 Å². The number of halogens is 1. The molecule has 152 valence electrons. The maximum Gasteiger partial charge on any atom is 0.268 e. The fraction of sp³-hybridized carbons (Fsp3) is 0.381. The van der Waals surface area contributed by atoms with E-state index in [0.717, 1.165) is 29.8 Å². The Morgan fingerprint density at radius 2 is 2.10 bits per heavy atom. The zero-order valence-corrected chi connectivity index (χ0v) is 17.3. The lowest BCUT2D eigenvalue weighted by atomic mass is 9.97. The molecule has 1 aliphatic heterocycles. The summed E-state index contributed by atoms with van der Waals surface area (Å²) in [5, 5.41) is 0. The summed E-state index contributed by atoms with van der Waals surface area (Å²) in [4.78, 5) is 37.1. The molecule has 1 N–H and O–H groups in total. The third kappa shape index (κ3) is 4.23. The van der Waals surface area contributed by atoms with Crippen molar-refractivity contribution in [1.82, 2.24) is 19.8 Å². The third-order valence-electron chi connectivity index (χ3n) is 5.23.